The molecule has 0 N–H and O–H groups in total. The van der Waals surface area contributed by atoms with Crippen LogP contribution in [0.25, 0.3) is 0 Å². The van der Waals surface area contributed by atoms with Crippen molar-refractivity contribution in [2.24, 2.45) is 0 Å². The van der Waals surface area contributed by atoms with Crippen molar-refractivity contribution in [2.75, 3.05) is 0 Å². The van der Waals surface area contributed by atoms with Crippen molar-refractivity contribution in [2.45, 2.75) is 38.2 Å². The van der Waals surface area contributed by atoms with Gasteiger partial charge in [0, 0.05) is 35.6 Å². The van der Waals surface area contributed by atoms with E-state index >= 15 is 0 Å². The molecule has 2 aromatic rings. The summed E-state index contributed by atoms with van der Waals surface area (Å²) in [6.07, 6.45) is 1.84. The highest BCUT2D eigenvalue weighted by Gasteiger charge is 2.04. The van der Waals surface area contributed by atoms with E-state index in [1.165, 1.54) is 5.69 Å². The molecule has 0 saturated heterocycles. The van der Waals surface area contributed by atoms with Crippen LogP contribution < -0.4 is 0 Å². The lowest BCUT2D eigenvalue weighted by atomic mass is 10.4. The third-order valence-corrected chi connectivity index (χ3v) is 3.30. The fourth-order valence-corrected chi connectivity index (χ4v) is 2.60. The molecule has 0 radical (unpaired) electrons. The molecule has 0 saturated carbocycles. The zero-order valence-electron chi connectivity index (χ0n) is 10.3. The summed E-state index contributed by atoms with van der Waals surface area (Å²) in [7, 11) is 0. The minimum atomic E-state index is 0.839. The summed E-state index contributed by atoms with van der Waals surface area (Å²) in [5, 5.41) is 5.08. The van der Waals surface area contributed by atoms with Gasteiger partial charge in [0.1, 0.15) is 0 Å². The fourth-order valence-electron chi connectivity index (χ4n) is 1.66. The van der Waals surface area contributed by atoms with Crippen LogP contribution in [0.5, 0.6) is 0 Å². The smallest absolute Gasteiger partial charge is 0.188 e. The van der Waals surface area contributed by atoms with Gasteiger partial charge in [0.05, 0.1) is 0 Å². The van der Waals surface area contributed by atoms with Gasteiger partial charge in [-0.25, -0.2) is 9.97 Å². The van der Waals surface area contributed by atoms with E-state index in [9.17, 15) is 0 Å². The molecule has 0 fully saturated rings. The Morgan fingerprint density at radius 1 is 1.24 bits per heavy atom. The van der Waals surface area contributed by atoms with Gasteiger partial charge < -0.3 is 0 Å². The molecule has 2 heterocycles. The van der Waals surface area contributed by atoms with Crippen LogP contribution in [-0.4, -0.2) is 19.7 Å². The molecular weight excluding hydrogens is 232 g/mol. The van der Waals surface area contributed by atoms with Crippen LogP contribution in [0.1, 0.15) is 24.0 Å². The Hall–Kier alpha value is -1.36. The van der Waals surface area contributed by atoms with Crippen LogP contribution in [0, 0.1) is 13.8 Å². The van der Waals surface area contributed by atoms with Gasteiger partial charge in [0.2, 0.25) is 0 Å². The number of aryl methyl sites for hydroxylation is 3. The number of hydrogen-bond donors (Lipinski definition) is 0. The van der Waals surface area contributed by atoms with Gasteiger partial charge in [0.25, 0.3) is 0 Å². The minimum absolute atomic E-state index is 0.839. The Kier molecular flexibility index (Phi) is 3.78. The Morgan fingerprint density at radius 2 is 1.94 bits per heavy atom. The lowest BCUT2D eigenvalue weighted by Gasteiger charge is -2.05. The first-order chi connectivity index (χ1) is 8.19. The van der Waals surface area contributed by atoms with Crippen molar-refractivity contribution in [1.29, 1.82) is 0 Å². The normalized spacial score (nSPS) is 10.8. The molecule has 0 atom stereocenters. The third-order valence-electron chi connectivity index (χ3n) is 2.41. The zero-order valence-corrected chi connectivity index (χ0v) is 11.2. The third kappa shape index (κ3) is 3.06. The van der Waals surface area contributed by atoms with E-state index in [2.05, 4.69) is 22.0 Å². The molecule has 4 nitrogen and oxygen atoms in total. The molecule has 0 aromatic carbocycles. The molecule has 2 aromatic heterocycles. The molecule has 2 rings (SSSR count). The summed E-state index contributed by atoms with van der Waals surface area (Å²) in [6.45, 7) is 6.98. The highest BCUT2D eigenvalue weighted by Crippen LogP contribution is 2.19. The summed E-state index contributed by atoms with van der Waals surface area (Å²) < 4.78 is 2.00. The van der Waals surface area contributed by atoms with Gasteiger partial charge in [-0.1, -0.05) is 11.8 Å². The van der Waals surface area contributed by atoms with E-state index in [-0.39, 0.29) is 0 Å². The van der Waals surface area contributed by atoms with Gasteiger partial charge in [-0.15, -0.1) is 0 Å². The van der Waals surface area contributed by atoms with Crippen molar-refractivity contribution in [3.8, 4) is 0 Å². The van der Waals surface area contributed by atoms with Crippen molar-refractivity contribution in [3.63, 3.8) is 0 Å². The number of nitrogens with zero attached hydrogens (tertiary/aromatic N) is 4. The highest BCUT2D eigenvalue weighted by atomic mass is 32.2. The Labute approximate surface area is 105 Å². The van der Waals surface area contributed by atoms with Crippen molar-refractivity contribution >= 4 is 11.8 Å². The molecule has 90 valence electrons. The topological polar surface area (TPSA) is 43.6 Å². The lowest BCUT2D eigenvalue weighted by molar-refractivity contribution is 0.637. The average Bonchev–Trinajstić information content (AvgIpc) is 2.72. The molecule has 0 aliphatic rings. The summed E-state index contributed by atoms with van der Waals surface area (Å²) in [4.78, 5) is 8.82. The van der Waals surface area contributed by atoms with E-state index < -0.39 is 0 Å². The molecule has 0 amide bonds. The van der Waals surface area contributed by atoms with Gasteiger partial charge in [-0.3, -0.25) is 4.68 Å². The molecule has 5 heteroatoms. The maximum Gasteiger partial charge on any atom is 0.188 e. The lowest BCUT2D eigenvalue weighted by Crippen LogP contribution is -2.01. The van der Waals surface area contributed by atoms with E-state index in [1.54, 1.807) is 11.8 Å². The molecule has 0 spiro atoms. The van der Waals surface area contributed by atoms with Gasteiger partial charge in [-0.05, 0) is 32.9 Å². The highest BCUT2D eigenvalue weighted by molar-refractivity contribution is 7.98. The number of aromatic nitrogens is 4. The van der Waals surface area contributed by atoms with Crippen LogP contribution in [-0.2, 0) is 12.3 Å². The van der Waals surface area contributed by atoms with Crippen molar-refractivity contribution in [1.82, 2.24) is 19.7 Å². The summed E-state index contributed by atoms with van der Waals surface area (Å²) in [5.41, 5.74) is 3.24. The first-order valence-electron chi connectivity index (χ1n) is 5.65. The minimum Gasteiger partial charge on any atom is -0.269 e. The number of hydrogen-bond acceptors (Lipinski definition) is 4. The molecule has 0 unspecified atom stereocenters. The number of rotatable bonds is 4. The van der Waals surface area contributed by atoms with Gasteiger partial charge in [-0.2, -0.15) is 5.10 Å². The Bertz CT molecular complexity index is 487. The molecule has 0 aliphatic heterocycles. The maximum atomic E-state index is 4.41. The average molecular weight is 248 g/mol. The van der Waals surface area contributed by atoms with Crippen LogP contribution >= 0.6 is 11.8 Å². The SMILES string of the molecule is CCn1nccc1CSc1nc(C)cc(C)n1. The van der Waals surface area contributed by atoms with E-state index in [0.29, 0.717) is 0 Å². The maximum absolute atomic E-state index is 4.41. The quantitative estimate of drug-likeness (QED) is 0.616. The standard InChI is InChI=1S/C12H16N4S/c1-4-16-11(5-6-13-16)8-17-12-14-9(2)7-10(3)15-12/h5-7H,4,8H2,1-3H3. The second kappa shape index (κ2) is 5.31. The molecular formula is C12H16N4S. The largest absolute Gasteiger partial charge is 0.269 e. The number of thioether (sulfide) groups is 1. The molecule has 17 heavy (non-hydrogen) atoms. The van der Waals surface area contributed by atoms with Gasteiger partial charge in [0.15, 0.2) is 5.16 Å². The van der Waals surface area contributed by atoms with E-state index in [4.69, 9.17) is 0 Å². The van der Waals surface area contributed by atoms with Crippen molar-refractivity contribution in [3.05, 3.63) is 35.4 Å². The van der Waals surface area contributed by atoms with Crippen LogP contribution in [0.4, 0.5) is 0 Å². The van der Waals surface area contributed by atoms with Crippen LogP contribution in [0.3, 0.4) is 0 Å². The predicted octanol–water partition coefficient (Wildman–Crippen LogP) is 2.60. The summed E-state index contributed by atoms with van der Waals surface area (Å²) in [6, 6.07) is 4.03. The Morgan fingerprint density at radius 3 is 2.59 bits per heavy atom. The van der Waals surface area contributed by atoms with E-state index in [0.717, 1.165) is 28.8 Å². The van der Waals surface area contributed by atoms with Crippen molar-refractivity contribution < 1.29 is 0 Å². The second-order valence-electron chi connectivity index (χ2n) is 3.86. The first-order valence-corrected chi connectivity index (χ1v) is 6.63. The Balaban J connectivity index is 2.07. The first kappa shape index (κ1) is 12.1. The van der Waals surface area contributed by atoms with E-state index in [1.807, 2.05) is 36.9 Å². The molecule has 0 bridgehead atoms. The van der Waals surface area contributed by atoms with Crippen LogP contribution in [0.15, 0.2) is 23.5 Å². The summed E-state index contributed by atoms with van der Waals surface area (Å²) >= 11 is 1.65. The van der Waals surface area contributed by atoms with Gasteiger partial charge >= 0.3 is 0 Å². The summed E-state index contributed by atoms with van der Waals surface area (Å²) in [5.74, 6) is 0.858. The fraction of sp³-hybridized carbons (Fsp3) is 0.417. The predicted molar refractivity (Wildman–Crippen MR) is 69.0 cm³/mol. The molecule has 0 aliphatic carbocycles. The second-order valence-corrected chi connectivity index (χ2v) is 4.80. The zero-order chi connectivity index (χ0) is 12.3. The monoisotopic (exact) mass is 248 g/mol. The van der Waals surface area contributed by atoms with Crippen LogP contribution in [0.2, 0.25) is 0 Å².